The highest BCUT2D eigenvalue weighted by Gasteiger charge is 2.48. The summed E-state index contributed by atoms with van der Waals surface area (Å²) in [6, 6.07) is 21.2. The van der Waals surface area contributed by atoms with Gasteiger partial charge in [0.05, 0.1) is 16.2 Å². The maximum Gasteiger partial charge on any atom is 0.269 e. The van der Waals surface area contributed by atoms with Crippen LogP contribution in [-0.4, -0.2) is 40.3 Å². The number of allylic oxidation sites excluding steroid dienone is 3. The quantitative estimate of drug-likeness (QED) is 0.343. The number of nitrogens with zero attached hydrogens (tertiary/aromatic N) is 2. The van der Waals surface area contributed by atoms with Gasteiger partial charge in [0, 0.05) is 53.4 Å². The largest absolute Gasteiger partial charge is 0.369 e. The molecule has 0 saturated carbocycles. The van der Waals surface area contributed by atoms with Crippen LogP contribution in [-0.2, 0) is 0 Å². The predicted molar refractivity (Wildman–Crippen MR) is 130 cm³/mol. The third-order valence-electron chi connectivity index (χ3n) is 6.85. The van der Waals surface area contributed by atoms with E-state index in [1.807, 2.05) is 6.07 Å². The van der Waals surface area contributed by atoms with E-state index in [1.54, 1.807) is 65.6 Å². The SMILES string of the molecule is O=C(C1=C2NCCN2C2=C(C(=O)c3ccccc3C2=O)C1c1ccc([N+](=O)[O-])cc1)c1ccccc1. The first-order valence-corrected chi connectivity index (χ1v) is 11.5. The van der Waals surface area contributed by atoms with Crippen molar-refractivity contribution in [2.45, 2.75) is 5.92 Å². The van der Waals surface area contributed by atoms with Crippen LogP contribution in [0.15, 0.2) is 102 Å². The lowest BCUT2D eigenvalue weighted by Crippen LogP contribution is -2.40. The summed E-state index contributed by atoms with van der Waals surface area (Å²) in [4.78, 5) is 54.1. The zero-order valence-corrected chi connectivity index (χ0v) is 18.9. The maximum absolute atomic E-state index is 14.0. The third-order valence-corrected chi connectivity index (χ3v) is 6.85. The van der Waals surface area contributed by atoms with Crippen LogP contribution in [0.25, 0.3) is 0 Å². The molecule has 1 atom stereocenters. The van der Waals surface area contributed by atoms with Gasteiger partial charge < -0.3 is 10.2 Å². The lowest BCUT2D eigenvalue weighted by atomic mass is 9.72. The van der Waals surface area contributed by atoms with Crippen molar-refractivity contribution < 1.29 is 19.3 Å². The highest BCUT2D eigenvalue weighted by molar-refractivity contribution is 6.28. The number of nitro groups is 1. The number of fused-ring (bicyclic) bond motifs is 3. The van der Waals surface area contributed by atoms with Crippen molar-refractivity contribution in [3.63, 3.8) is 0 Å². The number of benzene rings is 3. The fraction of sp³-hybridized carbons (Fsp3) is 0.107. The number of ketones is 3. The number of nitro benzene ring substituents is 1. The molecule has 3 aromatic rings. The molecule has 1 saturated heterocycles. The Hall–Kier alpha value is -4.85. The summed E-state index contributed by atoms with van der Waals surface area (Å²) in [5.74, 6) is -1.27. The Bertz CT molecular complexity index is 1540. The van der Waals surface area contributed by atoms with E-state index in [4.69, 9.17) is 0 Å². The first-order chi connectivity index (χ1) is 17.5. The average Bonchev–Trinajstić information content (AvgIpc) is 3.40. The summed E-state index contributed by atoms with van der Waals surface area (Å²) in [5, 5.41) is 14.5. The van der Waals surface area contributed by atoms with E-state index in [2.05, 4.69) is 5.32 Å². The van der Waals surface area contributed by atoms with Crippen molar-refractivity contribution in [1.29, 1.82) is 0 Å². The number of hydrogen-bond donors (Lipinski definition) is 1. The molecule has 3 aliphatic rings. The molecule has 8 nitrogen and oxygen atoms in total. The summed E-state index contributed by atoms with van der Waals surface area (Å²) < 4.78 is 0. The average molecular weight is 477 g/mol. The lowest BCUT2D eigenvalue weighted by Gasteiger charge is -2.38. The van der Waals surface area contributed by atoms with Gasteiger partial charge in [-0.2, -0.15) is 0 Å². The molecule has 0 amide bonds. The number of rotatable bonds is 4. The van der Waals surface area contributed by atoms with Crippen LogP contribution < -0.4 is 5.32 Å². The van der Waals surface area contributed by atoms with Crippen LogP contribution in [0.3, 0.4) is 0 Å². The van der Waals surface area contributed by atoms with E-state index in [-0.39, 0.29) is 39.9 Å². The van der Waals surface area contributed by atoms with Gasteiger partial charge in [0.1, 0.15) is 5.82 Å². The van der Waals surface area contributed by atoms with E-state index in [0.717, 1.165) is 0 Å². The molecule has 0 bridgehead atoms. The summed E-state index contributed by atoms with van der Waals surface area (Å²) in [6.45, 7) is 0.918. The van der Waals surface area contributed by atoms with Crippen molar-refractivity contribution in [2.75, 3.05) is 13.1 Å². The van der Waals surface area contributed by atoms with Crippen molar-refractivity contribution in [2.24, 2.45) is 0 Å². The normalized spacial score (nSPS) is 18.4. The number of Topliss-reactive ketones (excluding diaryl/α,β-unsaturated/α-hetero) is 3. The summed E-state index contributed by atoms with van der Waals surface area (Å²) in [6.07, 6.45) is 0. The molecule has 3 aromatic carbocycles. The molecule has 0 aromatic heterocycles. The Morgan fingerprint density at radius 2 is 1.53 bits per heavy atom. The summed E-state index contributed by atoms with van der Waals surface area (Å²) in [7, 11) is 0. The molecule has 1 unspecified atom stereocenters. The van der Waals surface area contributed by atoms with E-state index in [9.17, 15) is 24.5 Å². The topological polar surface area (TPSA) is 110 Å². The molecule has 8 heteroatoms. The maximum atomic E-state index is 14.0. The molecular formula is C28H19N3O5. The van der Waals surface area contributed by atoms with Crippen molar-refractivity contribution >= 4 is 23.0 Å². The van der Waals surface area contributed by atoms with Crippen molar-refractivity contribution in [1.82, 2.24) is 10.2 Å². The van der Waals surface area contributed by atoms with Crippen LogP contribution in [0.4, 0.5) is 5.69 Å². The van der Waals surface area contributed by atoms with Crippen LogP contribution >= 0.6 is 0 Å². The number of non-ortho nitro benzene ring substituents is 1. The molecule has 2 aliphatic heterocycles. The molecule has 0 spiro atoms. The molecule has 1 fully saturated rings. The van der Waals surface area contributed by atoms with Crippen LogP contribution in [0.2, 0.25) is 0 Å². The van der Waals surface area contributed by atoms with Gasteiger partial charge in [-0.1, -0.05) is 66.7 Å². The number of nitrogens with one attached hydrogen (secondary N) is 1. The monoisotopic (exact) mass is 477 g/mol. The summed E-state index contributed by atoms with van der Waals surface area (Å²) in [5.41, 5.74) is 2.29. The van der Waals surface area contributed by atoms with E-state index >= 15 is 0 Å². The Labute approximate surface area is 205 Å². The minimum Gasteiger partial charge on any atom is -0.369 e. The highest BCUT2D eigenvalue weighted by atomic mass is 16.6. The molecule has 0 radical (unpaired) electrons. The van der Waals surface area contributed by atoms with Crippen LogP contribution in [0, 0.1) is 10.1 Å². The fourth-order valence-electron chi connectivity index (χ4n) is 5.26. The zero-order chi connectivity index (χ0) is 25.0. The summed E-state index contributed by atoms with van der Waals surface area (Å²) >= 11 is 0. The standard InChI is InChI=1S/C28H19N3O5/c32-25(17-6-2-1-3-7-17)23-21(16-10-12-18(13-11-16)31(35)36)22-24(30-15-14-29-28(23)30)27(34)20-9-5-4-8-19(20)26(22)33/h1-13,21,29H,14-15H2. The van der Waals surface area contributed by atoms with Crippen molar-refractivity contribution in [3.05, 3.63) is 134 Å². The number of carbonyl (C=O) groups excluding carboxylic acids is 3. The first-order valence-electron chi connectivity index (χ1n) is 11.5. The Morgan fingerprint density at radius 1 is 0.889 bits per heavy atom. The Kier molecular flexibility index (Phi) is 4.89. The zero-order valence-electron chi connectivity index (χ0n) is 18.9. The number of hydrogen-bond acceptors (Lipinski definition) is 7. The van der Waals surface area contributed by atoms with Crippen molar-refractivity contribution in [3.8, 4) is 0 Å². The van der Waals surface area contributed by atoms with Gasteiger partial charge >= 0.3 is 0 Å². The minimum atomic E-state index is -0.879. The Balaban J connectivity index is 1.62. The van der Waals surface area contributed by atoms with Crippen LogP contribution in [0.5, 0.6) is 0 Å². The molecule has 1 N–H and O–H groups in total. The van der Waals surface area contributed by atoms with Gasteiger partial charge in [-0.15, -0.1) is 0 Å². The highest BCUT2D eigenvalue weighted by Crippen LogP contribution is 2.47. The van der Waals surface area contributed by atoms with Gasteiger partial charge in [0.15, 0.2) is 11.6 Å². The fourth-order valence-corrected chi connectivity index (χ4v) is 5.26. The van der Waals surface area contributed by atoms with E-state index in [1.165, 1.54) is 12.1 Å². The molecule has 6 rings (SSSR count). The molecule has 36 heavy (non-hydrogen) atoms. The van der Waals surface area contributed by atoms with E-state index < -0.39 is 10.8 Å². The van der Waals surface area contributed by atoms with Gasteiger partial charge in [-0.25, -0.2) is 0 Å². The minimum absolute atomic E-state index is 0.107. The van der Waals surface area contributed by atoms with Gasteiger partial charge in [0.25, 0.3) is 5.69 Å². The second-order valence-electron chi connectivity index (χ2n) is 8.78. The smallest absolute Gasteiger partial charge is 0.269 e. The molecule has 176 valence electrons. The third kappa shape index (κ3) is 3.11. The molecule has 1 aliphatic carbocycles. The lowest BCUT2D eigenvalue weighted by molar-refractivity contribution is -0.384. The van der Waals surface area contributed by atoms with Gasteiger partial charge in [-0.05, 0) is 5.56 Å². The second-order valence-corrected chi connectivity index (χ2v) is 8.78. The predicted octanol–water partition coefficient (Wildman–Crippen LogP) is 4.03. The molecule has 2 heterocycles. The van der Waals surface area contributed by atoms with Gasteiger partial charge in [-0.3, -0.25) is 24.5 Å². The van der Waals surface area contributed by atoms with E-state index in [0.29, 0.717) is 41.2 Å². The molecular weight excluding hydrogens is 458 g/mol. The second kappa shape index (κ2) is 8.13. The number of carbonyl (C=O) groups is 3. The van der Waals surface area contributed by atoms with Gasteiger partial charge in [0.2, 0.25) is 5.78 Å². The first kappa shape index (κ1) is 21.7. The Morgan fingerprint density at radius 3 is 2.19 bits per heavy atom. The van der Waals surface area contributed by atoms with Crippen LogP contribution in [0.1, 0.15) is 42.6 Å².